The molecule has 3 heteroatoms. The predicted octanol–water partition coefficient (Wildman–Crippen LogP) is 2.16. The fourth-order valence-electron chi connectivity index (χ4n) is 2.07. The number of rotatable bonds is 1. The Labute approximate surface area is 83.4 Å². The SMILES string of the molecule is Cc1ncsc1C1CCNCC1C. The molecule has 0 radical (unpaired) electrons. The smallest absolute Gasteiger partial charge is 0.0797 e. The quantitative estimate of drug-likeness (QED) is 0.744. The van der Waals surface area contributed by atoms with Crippen LogP contribution in [-0.4, -0.2) is 18.1 Å². The van der Waals surface area contributed by atoms with Gasteiger partial charge in [-0.05, 0) is 32.4 Å². The first kappa shape index (κ1) is 9.16. The van der Waals surface area contributed by atoms with Crippen LogP contribution >= 0.6 is 11.3 Å². The lowest BCUT2D eigenvalue weighted by atomic mass is 9.86. The van der Waals surface area contributed by atoms with Crippen LogP contribution in [0.15, 0.2) is 5.51 Å². The zero-order valence-corrected chi connectivity index (χ0v) is 9.03. The van der Waals surface area contributed by atoms with Gasteiger partial charge in [0, 0.05) is 10.8 Å². The molecular formula is C10H16N2S. The average Bonchev–Trinajstić information content (AvgIpc) is 2.52. The Kier molecular flexibility index (Phi) is 2.65. The summed E-state index contributed by atoms with van der Waals surface area (Å²) in [6, 6.07) is 0. The summed E-state index contributed by atoms with van der Waals surface area (Å²) < 4.78 is 0. The molecule has 0 saturated carbocycles. The molecule has 2 nitrogen and oxygen atoms in total. The van der Waals surface area contributed by atoms with Crippen molar-refractivity contribution in [3.8, 4) is 0 Å². The Morgan fingerprint density at radius 3 is 3.08 bits per heavy atom. The van der Waals surface area contributed by atoms with Gasteiger partial charge in [0.2, 0.25) is 0 Å². The van der Waals surface area contributed by atoms with Crippen molar-refractivity contribution in [1.82, 2.24) is 10.3 Å². The Morgan fingerprint density at radius 1 is 1.62 bits per heavy atom. The van der Waals surface area contributed by atoms with Crippen molar-refractivity contribution in [2.45, 2.75) is 26.2 Å². The fourth-order valence-corrected chi connectivity index (χ4v) is 3.14. The van der Waals surface area contributed by atoms with Crippen LogP contribution in [0.1, 0.15) is 29.8 Å². The molecule has 1 aliphatic rings. The molecule has 2 rings (SSSR count). The van der Waals surface area contributed by atoms with Crippen LogP contribution in [0.3, 0.4) is 0 Å². The van der Waals surface area contributed by atoms with E-state index < -0.39 is 0 Å². The average molecular weight is 196 g/mol. The van der Waals surface area contributed by atoms with E-state index in [1.807, 2.05) is 16.8 Å². The zero-order chi connectivity index (χ0) is 9.26. The Morgan fingerprint density at radius 2 is 2.46 bits per heavy atom. The van der Waals surface area contributed by atoms with Gasteiger partial charge in [-0.2, -0.15) is 0 Å². The number of nitrogens with zero attached hydrogens (tertiary/aromatic N) is 1. The summed E-state index contributed by atoms with van der Waals surface area (Å²) in [4.78, 5) is 5.83. The van der Waals surface area contributed by atoms with E-state index in [1.165, 1.54) is 17.0 Å². The van der Waals surface area contributed by atoms with Crippen LogP contribution in [-0.2, 0) is 0 Å². The van der Waals surface area contributed by atoms with Crippen molar-refractivity contribution >= 4 is 11.3 Å². The fraction of sp³-hybridized carbons (Fsp3) is 0.700. The second kappa shape index (κ2) is 3.76. The molecule has 1 aromatic rings. The van der Waals surface area contributed by atoms with Crippen LogP contribution in [0, 0.1) is 12.8 Å². The topological polar surface area (TPSA) is 24.9 Å². The summed E-state index contributed by atoms with van der Waals surface area (Å²) >= 11 is 1.82. The lowest BCUT2D eigenvalue weighted by Crippen LogP contribution is -2.33. The summed E-state index contributed by atoms with van der Waals surface area (Å²) in [5, 5.41) is 3.43. The number of thiazole rings is 1. The molecule has 1 aromatic heterocycles. The standard InChI is InChI=1S/C10H16N2S/c1-7-5-11-4-3-9(7)10-8(2)12-6-13-10/h6-7,9,11H,3-5H2,1-2H3. The van der Waals surface area contributed by atoms with Gasteiger partial charge in [0.05, 0.1) is 11.2 Å². The maximum Gasteiger partial charge on any atom is 0.0797 e. The minimum atomic E-state index is 0.744. The van der Waals surface area contributed by atoms with Crippen molar-refractivity contribution in [2.24, 2.45) is 5.92 Å². The van der Waals surface area contributed by atoms with Crippen molar-refractivity contribution in [1.29, 1.82) is 0 Å². The van der Waals surface area contributed by atoms with Crippen LogP contribution in [0.5, 0.6) is 0 Å². The molecule has 0 aliphatic carbocycles. The van der Waals surface area contributed by atoms with E-state index in [-0.39, 0.29) is 0 Å². The predicted molar refractivity (Wildman–Crippen MR) is 56.2 cm³/mol. The number of nitrogens with one attached hydrogen (secondary N) is 1. The lowest BCUT2D eigenvalue weighted by Gasteiger charge is -2.28. The Bertz CT molecular complexity index is 282. The summed E-state index contributed by atoms with van der Waals surface area (Å²) in [5.74, 6) is 1.50. The third kappa shape index (κ3) is 1.76. The van der Waals surface area contributed by atoms with E-state index in [4.69, 9.17) is 0 Å². The van der Waals surface area contributed by atoms with E-state index in [9.17, 15) is 0 Å². The van der Waals surface area contributed by atoms with Crippen LogP contribution in [0.2, 0.25) is 0 Å². The summed E-state index contributed by atoms with van der Waals surface area (Å²) in [6.07, 6.45) is 1.27. The molecule has 1 N–H and O–H groups in total. The third-order valence-electron chi connectivity index (χ3n) is 2.90. The van der Waals surface area contributed by atoms with E-state index in [2.05, 4.69) is 24.1 Å². The molecule has 0 amide bonds. The molecule has 1 saturated heterocycles. The molecule has 0 bridgehead atoms. The van der Waals surface area contributed by atoms with Gasteiger partial charge in [0.15, 0.2) is 0 Å². The minimum Gasteiger partial charge on any atom is -0.316 e. The zero-order valence-electron chi connectivity index (χ0n) is 8.21. The molecule has 2 atom stereocenters. The van der Waals surface area contributed by atoms with Gasteiger partial charge in [0.1, 0.15) is 0 Å². The summed E-state index contributed by atoms with van der Waals surface area (Å²) in [5.41, 5.74) is 3.21. The van der Waals surface area contributed by atoms with Crippen molar-refractivity contribution in [2.75, 3.05) is 13.1 Å². The van der Waals surface area contributed by atoms with E-state index in [0.29, 0.717) is 0 Å². The molecule has 72 valence electrons. The second-order valence-corrected chi connectivity index (χ2v) is 4.76. The first-order valence-electron chi connectivity index (χ1n) is 4.89. The largest absolute Gasteiger partial charge is 0.316 e. The molecule has 0 aromatic carbocycles. The number of hydrogen-bond donors (Lipinski definition) is 1. The van der Waals surface area contributed by atoms with E-state index in [1.54, 1.807) is 0 Å². The van der Waals surface area contributed by atoms with Gasteiger partial charge in [0.25, 0.3) is 0 Å². The highest BCUT2D eigenvalue weighted by molar-refractivity contribution is 7.09. The van der Waals surface area contributed by atoms with Gasteiger partial charge < -0.3 is 5.32 Å². The maximum atomic E-state index is 4.32. The highest BCUT2D eigenvalue weighted by Gasteiger charge is 2.25. The number of aromatic nitrogens is 1. The maximum absolute atomic E-state index is 4.32. The normalized spacial score (nSPS) is 29.1. The van der Waals surface area contributed by atoms with Crippen LogP contribution in [0.25, 0.3) is 0 Å². The first-order valence-corrected chi connectivity index (χ1v) is 5.77. The summed E-state index contributed by atoms with van der Waals surface area (Å²) in [6.45, 7) is 6.77. The van der Waals surface area contributed by atoms with Crippen LogP contribution < -0.4 is 5.32 Å². The first-order chi connectivity index (χ1) is 6.29. The molecule has 2 heterocycles. The molecular weight excluding hydrogens is 180 g/mol. The monoisotopic (exact) mass is 196 g/mol. The van der Waals surface area contributed by atoms with Gasteiger partial charge in [-0.1, -0.05) is 6.92 Å². The van der Waals surface area contributed by atoms with Crippen molar-refractivity contribution < 1.29 is 0 Å². The van der Waals surface area contributed by atoms with Crippen LogP contribution in [0.4, 0.5) is 0 Å². The molecule has 1 aliphatic heterocycles. The lowest BCUT2D eigenvalue weighted by molar-refractivity contribution is 0.352. The van der Waals surface area contributed by atoms with Gasteiger partial charge >= 0.3 is 0 Å². The number of hydrogen-bond acceptors (Lipinski definition) is 3. The Balaban J connectivity index is 2.19. The van der Waals surface area contributed by atoms with Crippen molar-refractivity contribution in [3.05, 3.63) is 16.1 Å². The highest BCUT2D eigenvalue weighted by atomic mass is 32.1. The molecule has 13 heavy (non-hydrogen) atoms. The number of piperidine rings is 1. The molecule has 1 fully saturated rings. The third-order valence-corrected chi connectivity index (χ3v) is 3.97. The highest BCUT2D eigenvalue weighted by Crippen LogP contribution is 2.34. The van der Waals surface area contributed by atoms with Gasteiger partial charge in [-0.25, -0.2) is 4.98 Å². The Hall–Kier alpha value is -0.410. The van der Waals surface area contributed by atoms with Gasteiger partial charge in [-0.15, -0.1) is 11.3 Å². The molecule has 2 unspecified atom stereocenters. The summed E-state index contributed by atoms with van der Waals surface area (Å²) in [7, 11) is 0. The van der Waals surface area contributed by atoms with E-state index in [0.717, 1.165) is 24.9 Å². The van der Waals surface area contributed by atoms with Gasteiger partial charge in [-0.3, -0.25) is 0 Å². The van der Waals surface area contributed by atoms with Crippen molar-refractivity contribution in [3.63, 3.8) is 0 Å². The minimum absolute atomic E-state index is 0.744. The number of aryl methyl sites for hydroxylation is 1. The van der Waals surface area contributed by atoms with E-state index >= 15 is 0 Å². The molecule has 0 spiro atoms. The second-order valence-electron chi connectivity index (χ2n) is 3.88.